The van der Waals surface area contributed by atoms with Crippen molar-refractivity contribution in [2.45, 2.75) is 6.42 Å². The summed E-state index contributed by atoms with van der Waals surface area (Å²) < 4.78 is 2.48. The second-order valence-electron chi connectivity index (χ2n) is 3.88. The van der Waals surface area contributed by atoms with Crippen LogP contribution in [0.25, 0.3) is 0 Å². The third-order valence-corrected chi connectivity index (χ3v) is 2.99. The van der Waals surface area contributed by atoms with E-state index in [2.05, 4.69) is 20.1 Å². The number of aromatic amines is 1. The molecular weight excluding hydrogens is 234 g/mol. The number of likely N-dealkylation sites (N-methyl/N-ethyl adjacent to an activating group) is 1. The fourth-order valence-electron chi connectivity index (χ4n) is 1.61. The van der Waals surface area contributed by atoms with Gasteiger partial charge in [-0.1, -0.05) is 6.07 Å². The third-order valence-electron chi connectivity index (χ3n) is 2.63. The predicted octanol–water partition coefficient (Wildman–Crippen LogP) is 1.55. The zero-order valence-corrected chi connectivity index (χ0v) is 10.7. The summed E-state index contributed by atoms with van der Waals surface area (Å²) in [4.78, 5) is 6.35. The van der Waals surface area contributed by atoms with Gasteiger partial charge in [0.15, 0.2) is 4.77 Å². The molecule has 0 aliphatic heterocycles. The van der Waals surface area contributed by atoms with Gasteiger partial charge in [-0.3, -0.25) is 9.55 Å². The van der Waals surface area contributed by atoms with Gasteiger partial charge in [-0.2, -0.15) is 0 Å². The van der Waals surface area contributed by atoms with Crippen LogP contribution in [0.4, 0.5) is 5.95 Å². The maximum Gasteiger partial charge on any atom is 0.225 e. The molecule has 2 rings (SSSR count). The van der Waals surface area contributed by atoms with Gasteiger partial charge in [0.05, 0.1) is 0 Å². The number of rotatable bonds is 4. The first-order valence-corrected chi connectivity index (χ1v) is 5.82. The summed E-state index contributed by atoms with van der Waals surface area (Å²) in [5.41, 5.74) is 1.08. The molecule has 6 heteroatoms. The number of nitrogens with one attached hydrogen (secondary N) is 1. The molecule has 0 saturated carbocycles. The van der Waals surface area contributed by atoms with Crippen LogP contribution in [0.1, 0.15) is 5.69 Å². The Labute approximate surface area is 105 Å². The molecule has 2 aromatic heterocycles. The highest BCUT2D eigenvalue weighted by atomic mass is 32.1. The first-order chi connectivity index (χ1) is 8.18. The molecule has 0 aliphatic rings. The second-order valence-corrected chi connectivity index (χ2v) is 4.27. The van der Waals surface area contributed by atoms with Crippen LogP contribution < -0.4 is 4.90 Å². The number of hydrogen-bond acceptors (Lipinski definition) is 4. The summed E-state index contributed by atoms with van der Waals surface area (Å²) in [5, 5.41) is 6.95. The van der Waals surface area contributed by atoms with Gasteiger partial charge in [0, 0.05) is 39.0 Å². The highest BCUT2D eigenvalue weighted by molar-refractivity contribution is 7.71. The van der Waals surface area contributed by atoms with Crippen molar-refractivity contribution in [1.29, 1.82) is 0 Å². The van der Waals surface area contributed by atoms with Gasteiger partial charge < -0.3 is 4.90 Å². The number of hydrogen-bond donors (Lipinski definition) is 1. The Balaban J connectivity index is 2.01. The molecule has 2 aromatic rings. The number of nitrogens with zero attached hydrogens (tertiary/aromatic N) is 4. The van der Waals surface area contributed by atoms with Crippen molar-refractivity contribution in [1.82, 2.24) is 19.7 Å². The van der Waals surface area contributed by atoms with E-state index in [1.165, 1.54) is 0 Å². The van der Waals surface area contributed by atoms with Gasteiger partial charge in [-0.15, -0.1) is 5.10 Å². The van der Waals surface area contributed by atoms with E-state index in [1.54, 1.807) is 0 Å². The van der Waals surface area contributed by atoms with E-state index >= 15 is 0 Å². The zero-order chi connectivity index (χ0) is 12.3. The number of H-pyrrole nitrogens is 1. The van der Waals surface area contributed by atoms with Crippen molar-refractivity contribution in [3.63, 3.8) is 0 Å². The third kappa shape index (κ3) is 2.71. The standard InChI is InChI=1S/C11H15N5S/c1-15(10-13-14-11(17)16(10)2)8-6-9-5-3-4-7-12-9/h3-5,7H,6,8H2,1-2H3,(H,14,17). The summed E-state index contributed by atoms with van der Waals surface area (Å²) in [5.74, 6) is 0.839. The smallest absolute Gasteiger partial charge is 0.225 e. The van der Waals surface area contributed by atoms with Crippen LogP contribution in [0.5, 0.6) is 0 Å². The van der Waals surface area contributed by atoms with E-state index in [4.69, 9.17) is 12.2 Å². The molecule has 0 bridgehead atoms. The maximum absolute atomic E-state index is 5.08. The number of aromatic nitrogens is 4. The molecule has 1 N–H and O–H groups in total. The molecule has 0 atom stereocenters. The van der Waals surface area contributed by atoms with Crippen molar-refractivity contribution >= 4 is 18.2 Å². The molecule has 2 heterocycles. The first kappa shape index (κ1) is 11.8. The van der Waals surface area contributed by atoms with Gasteiger partial charge in [-0.05, 0) is 24.4 Å². The minimum absolute atomic E-state index is 0.629. The van der Waals surface area contributed by atoms with Crippen LogP contribution in [-0.2, 0) is 13.5 Å². The van der Waals surface area contributed by atoms with Crippen LogP contribution in [0.2, 0.25) is 0 Å². The molecule has 5 nitrogen and oxygen atoms in total. The summed E-state index contributed by atoms with van der Waals surface area (Å²) in [7, 11) is 3.90. The normalized spacial score (nSPS) is 10.5. The summed E-state index contributed by atoms with van der Waals surface area (Å²) in [6, 6.07) is 5.94. The highest BCUT2D eigenvalue weighted by Crippen LogP contribution is 2.07. The highest BCUT2D eigenvalue weighted by Gasteiger charge is 2.07. The lowest BCUT2D eigenvalue weighted by Gasteiger charge is -2.16. The van der Waals surface area contributed by atoms with Crippen molar-refractivity contribution < 1.29 is 0 Å². The van der Waals surface area contributed by atoms with E-state index in [0.717, 1.165) is 24.6 Å². The number of pyridine rings is 1. The molecule has 0 unspecified atom stereocenters. The predicted molar refractivity (Wildman–Crippen MR) is 69.6 cm³/mol. The maximum atomic E-state index is 5.08. The Hall–Kier alpha value is -1.69. The lowest BCUT2D eigenvalue weighted by atomic mass is 10.2. The van der Waals surface area contributed by atoms with Crippen LogP contribution in [0.15, 0.2) is 24.4 Å². The number of anilines is 1. The molecule has 0 aromatic carbocycles. The van der Waals surface area contributed by atoms with Crippen molar-refractivity contribution in [2.24, 2.45) is 7.05 Å². The minimum atomic E-state index is 0.629. The topological polar surface area (TPSA) is 49.7 Å². The monoisotopic (exact) mass is 249 g/mol. The Morgan fingerprint density at radius 1 is 1.47 bits per heavy atom. The average Bonchev–Trinajstić information content (AvgIpc) is 2.69. The lowest BCUT2D eigenvalue weighted by Crippen LogP contribution is -2.23. The molecule has 0 amide bonds. The van der Waals surface area contributed by atoms with Crippen LogP contribution in [0, 0.1) is 4.77 Å². The Kier molecular flexibility index (Phi) is 3.53. The van der Waals surface area contributed by atoms with Crippen LogP contribution in [-0.4, -0.2) is 33.3 Å². The molecule has 17 heavy (non-hydrogen) atoms. The molecular formula is C11H15N5S. The largest absolute Gasteiger partial charge is 0.344 e. The SMILES string of the molecule is CN(CCc1ccccn1)c1n[nH]c(=S)n1C. The van der Waals surface area contributed by atoms with Crippen molar-refractivity contribution in [3.05, 3.63) is 34.9 Å². The van der Waals surface area contributed by atoms with E-state index in [0.29, 0.717) is 4.77 Å². The van der Waals surface area contributed by atoms with E-state index in [1.807, 2.05) is 43.1 Å². The van der Waals surface area contributed by atoms with E-state index in [9.17, 15) is 0 Å². The molecule has 0 saturated heterocycles. The Morgan fingerprint density at radius 3 is 2.88 bits per heavy atom. The van der Waals surface area contributed by atoms with Crippen molar-refractivity contribution in [3.8, 4) is 0 Å². The fourth-order valence-corrected chi connectivity index (χ4v) is 1.74. The van der Waals surface area contributed by atoms with Crippen LogP contribution >= 0.6 is 12.2 Å². The minimum Gasteiger partial charge on any atom is -0.344 e. The molecule has 0 aliphatic carbocycles. The molecule has 0 radical (unpaired) electrons. The van der Waals surface area contributed by atoms with Gasteiger partial charge in [0.2, 0.25) is 5.95 Å². The van der Waals surface area contributed by atoms with Gasteiger partial charge in [0.1, 0.15) is 0 Å². The van der Waals surface area contributed by atoms with E-state index in [-0.39, 0.29) is 0 Å². The summed E-state index contributed by atoms with van der Waals surface area (Å²) in [6.07, 6.45) is 2.70. The van der Waals surface area contributed by atoms with Gasteiger partial charge in [-0.25, -0.2) is 5.10 Å². The van der Waals surface area contributed by atoms with Crippen LogP contribution in [0.3, 0.4) is 0 Å². The first-order valence-electron chi connectivity index (χ1n) is 5.41. The Morgan fingerprint density at radius 2 is 2.29 bits per heavy atom. The summed E-state index contributed by atoms with van der Waals surface area (Å²) in [6.45, 7) is 0.852. The van der Waals surface area contributed by atoms with E-state index < -0.39 is 0 Å². The van der Waals surface area contributed by atoms with Crippen molar-refractivity contribution in [2.75, 3.05) is 18.5 Å². The quantitative estimate of drug-likeness (QED) is 0.835. The zero-order valence-electron chi connectivity index (χ0n) is 9.92. The summed E-state index contributed by atoms with van der Waals surface area (Å²) >= 11 is 5.08. The molecule has 90 valence electrons. The van der Waals surface area contributed by atoms with Gasteiger partial charge in [0.25, 0.3) is 0 Å². The fraction of sp³-hybridized carbons (Fsp3) is 0.364. The lowest BCUT2D eigenvalue weighted by molar-refractivity contribution is 0.779. The van der Waals surface area contributed by atoms with Gasteiger partial charge >= 0.3 is 0 Å². The Bertz CT molecular complexity index is 530. The molecule has 0 fully saturated rings. The molecule has 0 spiro atoms. The average molecular weight is 249 g/mol. The second kappa shape index (κ2) is 5.09.